The molecule has 0 bridgehead atoms. The maximum atomic E-state index is 9.50. The van der Waals surface area contributed by atoms with E-state index in [1.165, 1.54) is 6.42 Å². The Morgan fingerprint density at radius 3 is 2.48 bits per heavy atom. The Morgan fingerprint density at radius 1 is 1.14 bits per heavy atom. The summed E-state index contributed by atoms with van der Waals surface area (Å²) in [5, 5.41) is 9.50. The van der Waals surface area contributed by atoms with Crippen LogP contribution < -0.4 is 9.47 Å². The van der Waals surface area contributed by atoms with E-state index in [1.807, 2.05) is 18.2 Å². The molecule has 1 N–H and O–H groups in total. The molecule has 1 saturated carbocycles. The lowest BCUT2D eigenvalue weighted by atomic mass is 9.82. The summed E-state index contributed by atoms with van der Waals surface area (Å²) in [6.07, 6.45) is 4.70. The molecule has 0 aromatic heterocycles. The molecule has 1 aromatic carbocycles. The fourth-order valence-electron chi connectivity index (χ4n) is 3.23. The molecule has 0 heterocycles. The van der Waals surface area contributed by atoms with Gasteiger partial charge in [-0.15, -0.1) is 0 Å². The first-order chi connectivity index (χ1) is 10.1. The minimum absolute atomic E-state index is 0.00121. The van der Waals surface area contributed by atoms with Crippen LogP contribution in [-0.4, -0.2) is 17.8 Å². The van der Waals surface area contributed by atoms with Gasteiger partial charge in [-0.05, 0) is 49.7 Å². The monoisotopic (exact) mass is 292 g/mol. The predicted octanol–water partition coefficient (Wildman–Crippen LogP) is 4.17. The Kier molecular flexibility index (Phi) is 5.92. The summed E-state index contributed by atoms with van der Waals surface area (Å²) < 4.78 is 11.9. The van der Waals surface area contributed by atoms with Crippen LogP contribution in [0.15, 0.2) is 18.2 Å². The van der Waals surface area contributed by atoms with Gasteiger partial charge >= 0.3 is 0 Å². The zero-order chi connectivity index (χ0) is 15.2. The molecule has 1 aliphatic carbocycles. The van der Waals surface area contributed by atoms with Crippen molar-refractivity contribution in [3.8, 4) is 11.5 Å². The third-order valence-corrected chi connectivity index (χ3v) is 4.11. The number of hydrogen-bond acceptors (Lipinski definition) is 3. The number of benzene rings is 1. The van der Waals surface area contributed by atoms with Gasteiger partial charge in [0.15, 0.2) is 0 Å². The van der Waals surface area contributed by atoms with Crippen molar-refractivity contribution in [1.29, 1.82) is 0 Å². The van der Waals surface area contributed by atoms with Crippen molar-refractivity contribution < 1.29 is 14.6 Å². The van der Waals surface area contributed by atoms with Crippen LogP contribution >= 0.6 is 0 Å². The van der Waals surface area contributed by atoms with Crippen LogP contribution in [0.25, 0.3) is 0 Å². The molecule has 3 heteroatoms. The standard InChI is InChI=1S/C18H28O3/c1-4-7-20-16-6-5-15(12-19)18(11-16)21-17-9-13(2)8-14(3)10-17/h5-6,11,13-14,17,19H,4,7-10,12H2,1-3H3. The van der Waals surface area contributed by atoms with Crippen molar-refractivity contribution in [2.45, 2.75) is 59.2 Å². The maximum Gasteiger partial charge on any atom is 0.128 e. The van der Waals surface area contributed by atoms with Crippen LogP contribution in [0, 0.1) is 11.8 Å². The SMILES string of the molecule is CCCOc1ccc(CO)c(OC2CC(C)CC(C)C2)c1. The summed E-state index contributed by atoms with van der Waals surface area (Å²) in [5.74, 6) is 3.00. The molecule has 2 unspecified atom stereocenters. The zero-order valence-electron chi connectivity index (χ0n) is 13.5. The average Bonchev–Trinajstić information content (AvgIpc) is 2.44. The van der Waals surface area contributed by atoms with E-state index in [1.54, 1.807) is 0 Å². The zero-order valence-corrected chi connectivity index (χ0v) is 13.5. The maximum absolute atomic E-state index is 9.50. The van der Waals surface area contributed by atoms with Gasteiger partial charge in [-0.2, -0.15) is 0 Å². The van der Waals surface area contributed by atoms with Crippen LogP contribution in [0.5, 0.6) is 11.5 Å². The lowest BCUT2D eigenvalue weighted by Crippen LogP contribution is -2.28. The van der Waals surface area contributed by atoms with Gasteiger partial charge in [0.1, 0.15) is 11.5 Å². The average molecular weight is 292 g/mol. The molecule has 1 aromatic rings. The topological polar surface area (TPSA) is 38.7 Å². The molecule has 2 rings (SSSR count). The molecule has 0 saturated heterocycles. The first kappa shape index (κ1) is 16.2. The van der Waals surface area contributed by atoms with E-state index < -0.39 is 0 Å². The van der Waals surface area contributed by atoms with Gasteiger partial charge in [-0.3, -0.25) is 0 Å². The second kappa shape index (κ2) is 7.69. The largest absolute Gasteiger partial charge is 0.493 e. The van der Waals surface area contributed by atoms with Crippen LogP contribution in [0.1, 0.15) is 52.0 Å². The summed E-state index contributed by atoms with van der Waals surface area (Å²) in [7, 11) is 0. The molecule has 2 atom stereocenters. The van der Waals surface area contributed by atoms with Gasteiger partial charge in [0.25, 0.3) is 0 Å². The first-order valence-corrected chi connectivity index (χ1v) is 8.15. The van der Waals surface area contributed by atoms with Gasteiger partial charge in [-0.25, -0.2) is 0 Å². The number of ether oxygens (including phenoxy) is 2. The van der Waals surface area contributed by atoms with Crippen molar-refractivity contribution in [1.82, 2.24) is 0 Å². The van der Waals surface area contributed by atoms with Crippen molar-refractivity contribution in [2.24, 2.45) is 11.8 Å². The molecular formula is C18H28O3. The first-order valence-electron chi connectivity index (χ1n) is 8.15. The van der Waals surface area contributed by atoms with Gasteiger partial charge in [0, 0.05) is 11.6 Å². The highest BCUT2D eigenvalue weighted by atomic mass is 16.5. The summed E-state index contributed by atoms with van der Waals surface area (Å²) in [6, 6.07) is 5.72. The van der Waals surface area contributed by atoms with Gasteiger partial charge in [0.05, 0.1) is 19.3 Å². The van der Waals surface area contributed by atoms with E-state index in [4.69, 9.17) is 9.47 Å². The lowest BCUT2D eigenvalue weighted by molar-refractivity contribution is 0.0981. The van der Waals surface area contributed by atoms with E-state index in [-0.39, 0.29) is 12.7 Å². The van der Waals surface area contributed by atoms with E-state index in [0.29, 0.717) is 18.4 Å². The number of aliphatic hydroxyl groups excluding tert-OH is 1. The highest BCUT2D eigenvalue weighted by molar-refractivity contribution is 5.40. The van der Waals surface area contributed by atoms with E-state index in [9.17, 15) is 5.11 Å². The predicted molar refractivity (Wildman–Crippen MR) is 84.7 cm³/mol. The summed E-state index contributed by atoms with van der Waals surface area (Å²) in [6.45, 7) is 7.38. The highest BCUT2D eigenvalue weighted by Gasteiger charge is 2.25. The van der Waals surface area contributed by atoms with Crippen LogP contribution in [0.3, 0.4) is 0 Å². The number of aliphatic hydroxyl groups is 1. The molecule has 0 aliphatic heterocycles. The Hall–Kier alpha value is -1.22. The summed E-state index contributed by atoms with van der Waals surface area (Å²) >= 11 is 0. The van der Waals surface area contributed by atoms with Crippen molar-refractivity contribution in [2.75, 3.05) is 6.61 Å². The molecule has 118 valence electrons. The number of rotatable bonds is 6. The molecule has 3 nitrogen and oxygen atoms in total. The quantitative estimate of drug-likeness (QED) is 0.855. The van der Waals surface area contributed by atoms with Crippen LogP contribution in [0.4, 0.5) is 0 Å². The van der Waals surface area contributed by atoms with Crippen LogP contribution in [0.2, 0.25) is 0 Å². The van der Waals surface area contributed by atoms with Crippen molar-refractivity contribution >= 4 is 0 Å². The Morgan fingerprint density at radius 2 is 1.86 bits per heavy atom. The minimum Gasteiger partial charge on any atom is -0.493 e. The summed E-state index contributed by atoms with van der Waals surface area (Å²) in [4.78, 5) is 0. The fraction of sp³-hybridized carbons (Fsp3) is 0.667. The molecule has 0 amide bonds. The van der Waals surface area contributed by atoms with Gasteiger partial charge < -0.3 is 14.6 Å². The Bertz CT molecular complexity index is 434. The van der Waals surface area contributed by atoms with Crippen molar-refractivity contribution in [3.63, 3.8) is 0 Å². The number of hydrogen-bond donors (Lipinski definition) is 1. The van der Waals surface area contributed by atoms with E-state index in [0.717, 1.165) is 36.3 Å². The third-order valence-electron chi connectivity index (χ3n) is 4.11. The lowest BCUT2D eigenvalue weighted by Gasteiger charge is -2.32. The van der Waals surface area contributed by atoms with Crippen molar-refractivity contribution in [3.05, 3.63) is 23.8 Å². The molecule has 1 aliphatic rings. The molecular weight excluding hydrogens is 264 g/mol. The fourth-order valence-corrected chi connectivity index (χ4v) is 3.23. The Balaban J connectivity index is 2.09. The van der Waals surface area contributed by atoms with E-state index >= 15 is 0 Å². The summed E-state index contributed by atoms with van der Waals surface area (Å²) in [5.41, 5.74) is 0.838. The highest BCUT2D eigenvalue weighted by Crippen LogP contribution is 2.33. The van der Waals surface area contributed by atoms with Gasteiger partial charge in [0.2, 0.25) is 0 Å². The van der Waals surface area contributed by atoms with Crippen LogP contribution in [-0.2, 0) is 6.61 Å². The molecule has 0 spiro atoms. The van der Waals surface area contributed by atoms with Gasteiger partial charge in [-0.1, -0.05) is 20.8 Å². The molecule has 1 fully saturated rings. The molecule has 21 heavy (non-hydrogen) atoms. The Labute approximate surface area is 128 Å². The minimum atomic E-state index is 0.00121. The van der Waals surface area contributed by atoms with E-state index in [2.05, 4.69) is 20.8 Å². The second-order valence-electron chi connectivity index (χ2n) is 6.43. The normalized spacial score (nSPS) is 25.6. The molecule has 0 radical (unpaired) electrons. The smallest absolute Gasteiger partial charge is 0.128 e. The third kappa shape index (κ3) is 4.63. The second-order valence-corrected chi connectivity index (χ2v) is 6.43.